The van der Waals surface area contributed by atoms with Gasteiger partial charge in [0.25, 0.3) is 5.91 Å². The van der Waals surface area contributed by atoms with Crippen molar-refractivity contribution in [1.29, 1.82) is 0 Å². The minimum Gasteiger partial charge on any atom is -0.508 e. The van der Waals surface area contributed by atoms with Crippen molar-refractivity contribution in [2.24, 2.45) is 5.10 Å². The molecule has 0 aromatic heterocycles. The molecule has 0 saturated carbocycles. The van der Waals surface area contributed by atoms with Gasteiger partial charge in [0, 0.05) is 17.3 Å². The second-order valence-electron chi connectivity index (χ2n) is 4.95. The zero-order valence-electron chi connectivity index (χ0n) is 12.7. The molecule has 1 amide bonds. The fourth-order valence-corrected chi connectivity index (χ4v) is 1.97. The number of phenols is 2. The summed E-state index contributed by atoms with van der Waals surface area (Å²) in [5.74, 6) is -0.426. The number of hydrogen-bond acceptors (Lipinski definition) is 5. The summed E-state index contributed by atoms with van der Waals surface area (Å²) < 4.78 is 0. The Balaban J connectivity index is 1.95. The molecular formula is C17H19N3O3. The zero-order valence-corrected chi connectivity index (χ0v) is 12.7. The summed E-state index contributed by atoms with van der Waals surface area (Å²) in [4.78, 5) is 12.1. The molecule has 2 aromatic carbocycles. The van der Waals surface area contributed by atoms with Crippen LogP contribution in [0.15, 0.2) is 53.6 Å². The fraction of sp³-hybridized carbons (Fsp3) is 0.176. The van der Waals surface area contributed by atoms with Gasteiger partial charge < -0.3 is 15.5 Å². The van der Waals surface area contributed by atoms with Crippen molar-refractivity contribution < 1.29 is 15.0 Å². The maximum absolute atomic E-state index is 12.1. The fourth-order valence-electron chi connectivity index (χ4n) is 1.97. The Morgan fingerprint density at radius 3 is 2.61 bits per heavy atom. The SMILES string of the molecule is CCC(Nc1ccccc1)C(=O)NN=Cc1ccc(O)cc1O. The van der Waals surface area contributed by atoms with Crippen LogP contribution in [0.5, 0.6) is 11.5 Å². The van der Waals surface area contributed by atoms with Crippen molar-refractivity contribution >= 4 is 17.8 Å². The van der Waals surface area contributed by atoms with E-state index in [0.717, 1.165) is 5.69 Å². The van der Waals surface area contributed by atoms with Crippen molar-refractivity contribution in [1.82, 2.24) is 5.43 Å². The van der Waals surface area contributed by atoms with E-state index in [1.165, 1.54) is 24.4 Å². The Labute approximate surface area is 134 Å². The van der Waals surface area contributed by atoms with Gasteiger partial charge in [0.1, 0.15) is 17.5 Å². The van der Waals surface area contributed by atoms with E-state index in [1.807, 2.05) is 37.3 Å². The molecule has 4 N–H and O–H groups in total. The number of hydrogen-bond donors (Lipinski definition) is 4. The Hall–Kier alpha value is -3.02. The number of para-hydroxylation sites is 1. The minimum atomic E-state index is -0.414. The predicted molar refractivity (Wildman–Crippen MR) is 89.7 cm³/mol. The number of nitrogens with zero attached hydrogens (tertiary/aromatic N) is 1. The Bertz CT molecular complexity index is 687. The van der Waals surface area contributed by atoms with Gasteiger partial charge in [-0.05, 0) is 30.7 Å². The Morgan fingerprint density at radius 1 is 1.22 bits per heavy atom. The monoisotopic (exact) mass is 313 g/mol. The number of aromatic hydroxyl groups is 2. The standard InChI is InChI=1S/C17H19N3O3/c1-2-15(19-13-6-4-3-5-7-13)17(23)20-18-11-12-8-9-14(21)10-16(12)22/h3-11,15,19,21-22H,2H2,1H3,(H,20,23). The van der Waals surface area contributed by atoms with Gasteiger partial charge in [-0.25, -0.2) is 5.43 Å². The molecule has 1 unspecified atom stereocenters. The van der Waals surface area contributed by atoms with Gasteiger partial charge in [0.2, 0.25) is 0 Å². The molecular weight excluding hydrogens is 294 g/mol. The summed E-state index contributed by atoms with van der Waals surface area (Å²) in [5.41, 5.74) is 3.69. The van der Waals surface area contributed by atoms with Gasteiger partial charge in [-0.15, -0.1) is 0 Å². The molecule has 0 fully saturated rings. The Kier molecular flexibility index (Phi) is 5.57. The molecule has 0 radical (unpaired) electrons. The predicted octanol–water partition coefficient (Wildman–Crippen LogP) is 2.44. The summed E-state index contributed by atoms with van der Waals surface area (Å²) in [6, 6.07) is 13.2. The molecule has 0 aliphatic heterocycles. The van der Waals surface area contributed by atoms with E-state index in [-0.39, 0.29) is 17.4 Å². The first-order valence-electron chi connectivity index (χ1n) is 7.26. The van der Waals surface area contributed by atoms with Gasteiger partial charge in [-0.1, -0.05) is 25.1 Å². The molecule has 2 rings (SSSR count). The number of phenolic OH excluding ortho intramolecular Hbond substituents is 2. The minimum absolute atomic E-state index is 0.0400. The normalized spacial score (nSPS) is 12.0. The highest BCUT2D eigenvalue weighted by atomic mass is 16.3. The summed E-state index contributed by atoms with van der Waals surface area (Å²) in [6.45, 7) is 1.90. The highest BCUT2D eigenvalue weighted by Gasteiger charge is 2.15. The summed E-state index contributed by atoms with van der Waals surface area (Å²) in [5, 5.41) is 25.8. The molecule has 0 aliphatic rings. The van der Waals surface area contributed by atoms with Gasteiger partial charge >= 0.3 is 0 Å². The summed E-state index contributed by atoms with van der Waals surface area (Å²) in [7, 11) is 0. The molecule has 6 heteroatoms. The first kappa shape index (κ1) is 16.4. The van der Waals surface area contributed by atoms with Crippen LogP contribution in [0.2, 0.25) is 0 Å². The molecule has 2 aromatic rings. The molecule has 1 atom stereocenters. The van der Waals surface area contributed by atoms with E-state index in [0.29, 0.717) is 12.0 Å². The number of anilines is 1. The number of carbonyl (C=O) groups excluding carboxylic acids is 1. The maximum Gasteiger partial charge on any atom is 0.262 e. The van der Waals surface area contributed by atoms with Crippen LogP contribution in [0.1, 0.15) is 18.9 Å². The molecule has 0 heterocycles. The van der Waals surface area contributed by atoms with Crippen molar-refractivity contribution in [3.63, 3.8) is 0 Å². The van der Waals surface area contributed by atoms with Crippen LogP contribution in [0.25, 0.3) is 0 Å². The lowest BCUT2D eigenvalue weighted by Crippen LogP contribution is -2.36. The zero-order chi connectivity index (χ0) is 16.7. The van der Waals surface area contributed by atoms with Crippen molar-refractivity contribution in [2.45, 2.75) is 19.4 Å². The van der Waals surface area contributed by atoms with E-state index in [1.54, 1.807) is 0 Å². The number of hydrazone groups is 1. The largest absolute Gasteiger partial charge is 0.508 e. The number of amides is 1. The van der Waals surface area contributed by atoms with Crippen LogP contribution in [-0.4, -0.2) is 28.4 Å². The molecule has 0 bridgehead atoms. The molecule has 120 valence electrons. The van der Waals surface area contributed by atoms with Crippen LogP contribution in [0, 0.1) is 0 Å². The van der Waals surface area contributed by atoms with Crippen LogP contribution in [0.3, 0.4) is 0 Å². The van der Waals surface area contributed by atoms with Crippen LogP contribution in [0.4, 0.5) is 5.69 Å². The van der Waals surface area contributed by atoms with Crippen molar-refractivity contribution in [2.75, 3.05) is 5.32 Å². The average Bonchev–Trinajstić information content (AvgIpc) is 2.55. The van der Waals surface area contributed by atoms with Crippen molar-refractivity contribution in [3.05, 3.63) is 54.1 Å². The summed E-state index contributed by atoms with van der Waals surface area (Å²) in [6.07, 6.45) is 1.92. The van der Waals surface area contributed by atoms with Gasteiger partial charge in [-0.2, -0.15) is 5.10 Å². The number of benzene rings is 2. The van der Waals surface area contributed by atoms with E-state index >= 15 is 0 Å². The van der Waals surface area contributed by atoms with Gasteiger partial charge in [-0.3, -0.25) is 4.79 Å². The second kappa shape index (κ2) is 7.84. The van der Waals surface area contributed by atoms with E-state index < -0.39 is 6.04 Å². The topological polar surface area (TPSA) is 94.0 Å². The quantitative estimate of drug-likeness (QED) is 0.487. The van der Waals surface area contributed by atoms with Crippen LogP contribution in [-0.2, 0) is 4.79 Å². The van der Waals surface area contributed by atoms with Crippen molar-refractivity contribution in [3.8, 4) is 11.5 Å². The maximum atomic E-state index is 12.1. The average molecular weight is 313 g/mol. The number of nitrogens with one attached hydrogen (secondary N) is 2. The first-order valence-corrected chi connectivity index (χ1v) is 7.26. The number of rotatable bonds is 6. The van der Waals surface area contributed by atoms with E-state index in [4.69, 9.17) is 0 Å². The highest BCUT2D eigenvalue weighted by Crippen LogP contribution is 2.20. The smallest absolute Gasteiger partial charge is 0.262 e. The van der Waals surface area contributed by atoms with E-state index in [9.17, 15) is 15.0 Å². The third kappa shape index (κ3) is 4.74. The lowest BCUT2D eigenvalue weighted by molar-refractivity contribution is -0.121. The van der Waals surface area contributed by atoms with Crippen LogP contribution < -0.4 is 10.7 Å². The number of carbonyl (C=O) groups is 1. The molecule has 23 heavy (non-hydrogen) atoms. The molecule has 6 nitrogen and oxygen atoms in total. The van der Waals surface area contributed by atoms with Crippen LogP contribution >= 0.6 is 0 Å². The third-order valence-electron chi connectivity index (χ3n) is 3.23. The first-order chi connectivity index (χ1) is 11.1. The molecule has 0 spiro atoms. The third-order valence-corrected chi connectivity index (χ3v) is 3.23. The Morgan fingerprint density at radius 2 is 1.96 bits per heavy atom. The lowest BCUT2D eigenvalue weighted by atomic mass is 10.2. The molecule has 0 aliphatic carbocycles. The highest BCUT2D eigenvalue weighted by molar-refractivity contribution is 5.88. The van der Waals surface area contributed by atoms with Gasteiger partial charge in [0.05, 0.1) is 6.21 Å². The lowest BCUT2D eigenvalue weighted by Gasteiger charge is -2.16. The second-order valence-corrected chi connectivity index (χ2v) is 4.95. The van der Waals surface area contributed by atoms with E-state index in [2.05, 4.69) is 15.8 Å². The summed E-state index contributed by atoms with van der Waals surface area (Å²) >= 11 is 0. The van der Waals surface area contributed by atoms with Gasteiger partial charge in [0.15, 0.2) is 0 Å². The molecule has 0 saturated heterocycles.